The molecule has 0 atom stereocenters. The number of nitrogens with one attached hydrogen (secondary N) is 1. The van der Waals surface area contributed by atoms with Gasteiger partial charge in [0.2, 0.25) is 5.91 Å². The second-order valence-corrected chi connectivity index (χ2v) is 5.54. The Morgan fingerprint density at radius 2 is 1.67 bits per heavy atom. The van der Waals surface area contributed by atoms with Crippen molar-refractivity contribution in [3.05, 3.63) is 59.7 Å². The molecule has 1 N–H and O–H groups in total. The fourth-order valence-corrected chi connectivity index (χ4v) is 2.47. The average molecular weight is 325 g/mol. The molecule has 1 amide bonds. The molecule has 3 rings (SSSR count). The Kier molecular flexibility index (Phi) is 5.11. The van der Waals surface area contributed by atoms with Crippen molar-refractivity contribution in [3.8, 4) is 11.5 Å². The van der Waals surface area contributed by atoms with E-state index in [0.29, 0.717) is 36.8 Å². The largest absolute Gasteiger partial charge is 0.486 e. The number of carbonyl (C=O) groups excluding carboxylic acids is 2. The van der Waals surface area contributed by atoms with Crippen LogP contribution in [0.15, 0.2) is 48.5 Å². The van der Waals surface area contributed by atoms with Crippen LogP contribution in [0.1, 0.15) is 28.8 Å². The van der Waals surface area contributed by atoms with Gasteiger partial charge < -0.3 is 14.8 Å². The first kappa shape index (κ1) is 16.1. The molecule has 0 spiro atoms. The van der Waals surface area contributed by atoms with E-state index in [1.54, 1.807) is 18.2 Å². The fourth-order valence-electron chi connectivity index (χ4n) is 2.47. The van der Waals surface area contributed by atoms with Gasteiger partial charge >= 0.3 is 0 Å². The highest BCUT2D eigenvalue weighted by atomic mass is 16.6. The first-order chi connectivity index (χ1) is 11.7. The lowest BCUT2D eigenvalue weighted by Gasteiger charge is -2.18. The molecule has 24 heavy (non-hydrogen) atoms. The van der Waals surface area contributed by atoms with E-state index in [1.807, 2.05) is 30.3 Å². The highest BCUT2D eigenvalue weighted by Gasteiger charge is 2.15. The standard InChI is InChI=1S/C19H19NO4/c21-16(15-6-8-17-18(12-15)24-11-10-23-17)7-9-19(22)20-13-14-4-2-1-3-5-14/h1-6,8,12H,7,9-11,13H2,(H,20,22). The Balaban J connectivity index is 1.49. The maximum atomic E-state index is 12.2. The Labute approximate surface area is 140 Å². The molecule has 0 aliphatic carbocycles. The summed E-state index contributed by atoms with van der Waals surface area (Å²) in [6.45, 7) is 1.46. The number of hydrogen-bond donors (Lipinski definition) is 1. The van der Waals surface area contributed by atoms with Crippen molar-refractivity contribution in [2.75, 3.05) is 13.2 Å². The molecule has 1 aliphatic heterocycles. The van der Waals surface area contributed by atoms with Crippen LogP contribution in [-0.4, -0.2) is 24.9 Å². The lowest BCUT2D eigenvalue weighted by atomic mass is 10.1. The molecule has 0 bridgehead atoms. The summed E-state index contributed by atoms with van der Waals surface area (Å²) in [5, 5.41) is 2.82. The van der Waals surface area contributed by atoms with Crippen molar-refractivity contribution < 1.29 is 19.1 Å². The summed E-state index contributed by atoms with van der Waals surface area (Å²) in [7, 11) is 0. The maximum absolute atomic E-state index is 12.2. The van der Waals surface area contributed by atoms with Crippen molar-refractivity contribution in [2.45, 2.75) is 19.4 Å². The van der Waals surface area contributed by atoms with Crippen LogP contribution in [-0.2, 0) is 11.3 Å². The van der Waals surface area contributed by atoms with Crippen molar-refractivity contribution in [2.24, 2.45) is 0 Å². The van der Waals surface area contributed by atoms with E-state index in [1.165, 1.54) is 0 Å². The van der Waals surface area contributed by atoms with Gasteiger partial charge in [0.05, 0.1) is 0 Å². The predicted octanol–water partition coefficient (Wildman–Crippen LogP) is 2.74. The van der Waals surface area contributed by atoms with E-state index in [0.717, 1.165) is 5.56 Å². The van der Waals surface area contributed by atoms with E-state index < -0.39 is 0 Å². The molecule has 0 saturated heterocycles. The highest BCUT2D eigenvalue weighted by molar-refractivity contribution is 5.98. The molecular weight excluding hydrogens is 306 g/mol. The number of Topliss-reactive ketones (excluding diaryl/α,β-unsaturated/α-hetero) is 1. The number of ketones is 1. The molecule has 2 aromatic carbocycles. The third kappa shape index (κ3) is 4.13. The molecule has 0 fully saturated rings. The van der Waals surface area contributed by atoms with Gasteiger partial charge in [-0.25, -0.2) is 0 Å². The van der Waals surface area contributed by atoms with Gasteiger partial charge in [-0.15, -0.1) is 0 Å². The smallest absolute Gasteiger partial charge is 0.220 e. The predicted molar refractivity (Wildman–Crippen MR) is 89.3 cm³/mol. The van der Waals surface area contributed by atoms with Crippen LogP contribution in [0.5, 0.6) is 11.5 Å². The maximum Gasteiger partial charge on any atom is 0.220 e. The topological polar surface area (TPSA) is 64.6 Å². The van der Waals surface area contributed by atoms with Crippen molar-refractivity contribution in [3.63, 3.8) is 0 Å². The van der Waals surface area contributed by atoms with Gasteiger partial charge in [0.1, 0.15) is 13.2 Å². The third-order valence-electron chi connectivity index (χ3n) is 3.78. The van der Waals surface area contributed by atoms with Crippen LogP contribution >= 0.6 is 0 Å². The van der Waals surface area contributed by atoms with Crippen molar-refractivity contribution >= 4 is 11.7 Å². The summed E-state index contributed by atoms with van der Waals surface area (Å²) >= 11 is 0. The highest BCUT2D eigenvalue weighted by Crippen LogP contribution is 2.31. The molecule has 5 heteroatoms. The summed E-state index contributed by atoms with van der Waals surface area (Å²) in [4.78, 5) is 24.1. The van der Waals surface area contributed by atoms with Crippen molar-refractivity contribution in [1.82, 2.24) is 5.32 Å². The minimum Gasteiger partial charge on any atom is -0.486 e. The second kappa shape index (κ2) is 7.64. The first-order valence-corrected chi connectivity index (χ1v) is 7.96. The Morgan fingerprint density at radius 3 is 2.46 bits per heavy atom. The molecule has 0 radical (unpaired) electrons. The Hall–Kier alpha value is -2.82. The van der Waals surface area contributed by atoms with Crippen LogP contribution < -0.4 is 14.8 Å². The van der Waals surface area contributed by atoms with Crippen LogP contribution in [0.2, 0.25) is 0 Å². The zero-order valence-corrected chi connectivity index (χ0v) is 13.3. The number of ether oxygens (including phenoxy) is 2. The lowest BCUT2D eigenvalue weighted by molar-refractivity contribution is -0.121. The second-order valence-electron chi connectivity index (χ2n) is 5.54. The number of benzene rings is 2. The SMILES string of the molecule is O=C(CCC(=O)c1ccc2c(c1)OCCO2)NCc1ccccc1. The zero-order chi connectivity index (χ0) is 16.8. The molecule has 0 unspecified atom stereocenters. The van der Waals surface area contributed by atoms with Gasteiger partial charge in [-0.05, 0) is 23.8 Å². The van der Waals surface area contributed by atoms with E-state index in [-0.39, 0.29) is 24.5 Å². The average Bonchev–Trinajstić information content (AvgIpc) is 2.65. The number of amides is 1. The molecule has 124 valence electrons. The fraction of sp³-hybridized carbons (Fsp3) is 0.263. The van der Waals surface area contributed by atoms with Gasteiger partial charge in [-0.2, -0.15) is 0 Å². The summed E-state index contributed by atoms with van der Waals surface area (Å²) in [6, 6.07) is 14.8. The quantitative estimate of drug-likeness (QED) is 0.830. The van der Waals surface area contributed by atoms with Crippen LogP contribution in [0.25, 0.3) is 0 Å². The number of rotatable bonds is 6. The van der Waals surface area contributed by atoms with Crippen LogP contribution in [0, 0.1) is 0 Å². The summed E-state index contributed by atoms with van der Waals surface area (Å²) in [5.41, 5.74) is 1.57. The molecule has 1 heterocycles. The van der Waals surface area contributed by atoms with Gasteiger partial charge in [0.25, 0.3) is 0 Å². The molecule has 5 nitrogen and oxygen atoms in total. The monoisotopic (exact) mass is 325 g/mol. The minimum absolute atomic E-state index is 0.0816. The van der Waals surface area contributed by atoms with E-state index >= 15 is 0 Å². The molecule has 0 aromatic heterocycles. The molecule has 1 aliphatic rings. The normalized spacial score (nSPS) is 12.5. The number of hydrogen-bond acceptors (Lipinski definition) is 4. The number of carbonyl (C=O) groups is 2. The summed E-state index contributed by atoms with van der Waals surface area (Å²) in [5.74, 6) is 1.02. The molecular formula is C19H19NO4. The van der Waals surface area contributed by atoms with Gasteiger partial charge in [0.15, 0.2) is 17.3 Å². The van der Waals surface area contributed by atoms with E-state index in [2.05, 4.69) is 5.32 Å². The van der Waals surface area contributed by atoms with Gasteiger partial charge in [0, 0.05) is 24.9 Å². The van der Waals surface area contributed by atoms with Crippen LogP contribution in [0.4, 0.5) is 0 Å². The Morgan fingerprint density at radius 1 is 0.917 bits per heavy atom. The van der Waals surface area contributed by atoms with Crippen LogP contribution in [0.3, 0.4) is 0 Å². The minimum atomic E-state index is -0.134. The molecule has 0 saturated carbocycles. The zero-order valence-electron chi connectivity index (χ0n) is 13.3. The van der Waals surface area contributed by atoms with Gasteiger partial charge in [-0.1, -0.05) is 30.3 Å². The summed E-state index contributed by atoms with van der Waals surface area (Å²) in [6.07, 6.45) is 0.334. The number of fused-ring (bicyclic) bond motifs is 1. The van der Waals surface area contributed by atoms with E-state index in [9.17, 15) is 9.59 Å². The molecule has 2 aromatic rings. The van der Waals surface area contributed by atoms with Crippen molar-refractivity contribution in [1.29, 1.82) is 0 Å². The van der Waals surface area contributed by atoms with E-state index in [4.69, 9.17) is 9.47 Å². The third-order valence-corrected chi connectivity index (χ3v) is 3.78. The lowest BCUT2D eigenvalue weighted by Crippen LogP contribution is -2.23. The van der Waals surface area contributed by atoms with Gasteiger partial charge in [-0.3, -0.25) is 9.59 Å². The Bertz CT molecular complexity index is 727. The summed E-state index contributed by atoms with van der Waals surface area (Å²) < 4.78 is 10.9. The first-order valence-electron chi connectivity index (χ1n) is 7.96.